The van der Waals surface area contributed by atoms with Gasteiger partial charge in [-0.1, -0.05) is 38.8 Å². The molecule has 0 spiro atoms. The monoisotopic (exact) mass is 408 g/mol. The Hall–Kier alpha value is -1.90. The summed E-state index contributed by atoms with van der Waals surface area (Å²) in [5.74, 6) is -2.40. The lowest BCUT2D eigenvalue weighted by Crippen LogP contribution is -2.23. The number of rotatable bonds is 5. The maximum atomic E-state index is 14.3. The lowest BCUT2D eigenvalue weighted by molar-refractivity contribution is 0.0696. The van der Waals surface area contributed by atoms with Gasteiger partial charge in [0.2, 0.25) is 0 Å². The number of thiophene rings is 1. The van der Waals surface area contributed by atoms with Crippen molar-refractivity contribution < 1.29 is 19.1 Å². The topological polar surface area (TPSA) is 78.4 Å². The van der Waals surface area contributed by atoms with Crippen LogP contribution in [0.5, 0.6) is 0 Å². The summed E-state index contributed by atoms with van der Waals surface area (Å²) in [6, 6.07) is 4.35. The third-order valence-electron chi connectivity index (χ3n) is 4.81. The highest BCUT2D eigenvalue weighted by atomic mass is 32.1. The predicted molar refractivity (Wildman–Crippen MR) is 107 cm³/mol. The van der Waals surface area contributed by atoms with Gasteiger partial charge in [0.1, 0.15) is 10.8 Å². The first kappa shape index (κ1) is 19.9. The molecule has 0 aliphatic heterocycles. The molecule has 144 valence electrons. The van der Waals surface area contributed by atoms with Crippen molar-refractivity contribution in [2.75, 3.05) is 5.32 Å². The molecule has 3 N–H and O–H groups in total. The highest BCUT2D eigenvalue weighted by Gasteiger charge is 2.33. The number of hydrogen-bond acceptors (Lipinski definition) is 5. The molecular formula is C19H21FN2O3S2. The van der Waals surface area contributed by atoms with E-state index in [9.17, 15) is 19.1 Å². The SMILES string of the molecule is CC1(C)CCc2sc(NC(=O)c3c(F)cccc3CNS)c(C(=O)O)c2C1. The first-order valence-corrected chi connectivity index (χ1v) is 9.83. The molecule has 3 rings (SSSR count). The number of hydrogen-bond donors (Lipinski definition) is 4. The summed E-state index contributed by atoms with van der Waals surface area (Å²) in [6.07, 6.45) is 2.38. The molecule has 0 fully saturated rings. The third kappa shape index (κ3) is 4.02. The average Bonchev–Trinajstić information content (AvgIpc) is 2.91. The number of carbonyl (C=O) groups is 2. The van der Waals surface area contributed by atoms with Crippen LogP contribution in [0.25, 0.3) is 0 Å². The Morgan fingerprint density at radius 3 is 2.74 bits per heavy atom. The lowest BCUT2D eigenvalue weighted by Gasteiger charge is -2.29. The van der Waals surface area contributed by atoms with Crippen molar-refractivity contribution >= 4 is 41.0 Å². The third-order valence-corrected chi connectivity index (χ3v) is 6.18. The summed E-state index contributed by atoms with van der Waals surface area (Å²) < 4.78 is 16.9. The van der Waals surface area contributed by atoms with E-state index in [4.69, 9.17) is 0 Å². The summed E-state index contributed by atoms with van der Waals surface area (Å²) in [7, 11) is 0. The zero-order valence-electron chi connectivity index (χ0n) is 15.1. The summed E-state index contributed by atoms with van der Waals surface area (Å²) in [5.41, 5.74) is 1.26. The second kappa shape index (κ2) is 7.61. The van der Waals surface area contributed by atoms with Crippen LogP contribution in [0, 0.1) is 11.2 Å². The van der Waals surface area contributed by atoms with Crippen LogP contribution in [0.15, 0.2) is 18.2 Å². The molecule has 27 heavy (non-hydrogen) atoms. The van der Waals surface area contributed by atoms with Crippen molar-refractivity contribution in [2.45, 2.75) is 39.7 Å². The highest BCUT2D eigenvalue weighted by Crippen LogP contribution is 2.44. The van der Waals surface area contributed by atoms with Gasteiger partial charge in [0.25, 0.3) is 5.91 Å². The molecule has 1 aromatic heterocycles. The van der Waals surface area contributed by atoms with Gasteiger partial charge in [0.15, 0.2) is 0 Å². The van der Waals surface area contributed by atoms with Crippen LogP contribution in [0.2, 0.25) is 0 Å². The van der Waals surface area contributed by atoms with E-state index in [1.54, 1.807) is 6.07 Å². The van der Waals surface area contributed by atoms with Gasteiger partial charge in [-0.25, -0.2) is 9.18 Å². The van der Waals surface area contributed by atoms with Gasteiger partial charge in [0, 0.05) is 11.4 Å². The fraction of sp³-hybridized carbons (Fsp3) is 0.368. The van der Waals surface area contributed by atoms with Gasteiger partial charge >= 0.3 is 5.97 Å². The number of benzene rings is 1. The van der Waals surface area contributed by atoms with Crippen molar-refractivity contribution in [1.29, 1.82) is 0 Å². The molecular weight excluding hydrogens is 387 g/mol. The zero-order valence-corrected chi connectivity index (χ0v) is 16.8. The fourth-order valence-electron chi connectivity index (χ4n) is 3.46. The zero-order chi connectivity index (χ0) is 19.8. The first-order chi connectivity index (χ1) is 12.7. The minimum absolute atomic E-state index is 0.0104. The molecule has 1 aliphatic rings. The van der Waals surface area contributed by atoms with E-state index >= 15 is 0 Å². The van der Waals surface area contributed by atoms with Crippen LogP contribution in [-0.2, 0) is 19.4 Å². The molecule has 8 heteroatoms. The molecule has 0 unspecified atom stereocenters. The van der Waals surface area contributed by atoms with Crippen molar-refractivity contribution in [1.82, 2.24) is 4.72 Å². The van der Waals surface area contributed by atoms with Crippen LogP contribution in [-0.4, -0.2) is 17.0 Å². The number of carbonyl (C=O) groups excluding carboxylic acids is 1. The molecule has 0 radical (unpaired) electrons. The summed E-state index contributed by atoms with van der Waals surface area (Å²) in [5, 5.41) is 12.6. The highest BCUT2D eigenvalue weighted by molar-refractivity contribution is 7.78. The standard InChI is InChI=1S/C19H21FN2O3S2/c1-19(2)7-6-13-11(8-19)15(18(24)25)17(27-13)22-16(23)14-10(9-21-26)4-3-5-12(14)20/h3-5,21,26H,6-9H2,1-2H3,(H,22,23)(H,24,25). The summed E-state index contributed by atoms with van der Waals surface area (Å²) in [6.45, 7) is 4.41. The number of thiol groups is 1. The van der Waals surface area contributed by atoms with E-state index in [0.29, 0.717) is 12.0 Å². The molecule has 0 bridgehead atoms. The van der Waals surface area contributed by atoms with Crippen molar-refractivity contribution in [3.05, 3.63) is 51.1 Å². The number of carboxylic acid groups (broad SMARTS) is 1. The molecule has 1 aromatic carbocycles. The van der Waals surface area contributed by atoms with Crippen LogP contribution in [0.4, 0.5) is 9.39 Å². The largest absolute Gasteiger partial charge is 0.478 e. The molecule has 1 amide bonds. The number of nitrogens with one attached hydrogen (secondary N) is 2. The van der Waals surface area contributed by atoms with Gasteiger partial charge in [-0.15, -0.1) is 11.3 Å². The minimum atomic E-state index is -1.08. The van der Waals surface area contributed by atoms with Crippen LogP contribution in [0.1, 0.15) is 57.0 Å². The van der Waals surface area contributed by atoms with Crippen LogP contribution < -0.4 is 10.0 Å². The summed E-state index contributed by atoms with van der Waals surface area (Å²) >= 11 is 5.18. The number of carboxylic acids is 1. The van der Waals surface area contributed by atoms with Gasteiger partial charge in [-0.05, 0) is 41.9 Å². The number of aromatic carboxylic acids is 1. The molecule has 0 saturated carbocycles. The maximum absolute atomic E-state index is 14.3. The van der Waals surface area contributed by atoms with Crippen molar-refractivity contribution in [2.24, 2.45) is 5.41 Å². The number of fused-ring (bicyclic) bond motifs is 1. The van der Waals surface area contributed by atoms with Gasteiger partial charge < -0.3 is 10.4 Å². The molecule has 0 atom stereocenters. The molecule has 1 heterocycles. The Labute approximate surface area is 166 Å². The van der Waals surface area contributed by atoms with Crippen LogP contribution >= 0.6 is 24.2 Å². The van der Waals surface area contributed by atoms with E-state index in [-0.39, 0.29) is 28.1 Å². The Morgan fingerprint density at radius 1 is 1.33 bits per heavy atom. The maximum Gasteiger partial charge on any atom is 0.339 e. The second-order valence-corrected chi connectivity index (χ2v) is 8.84. The Kier molecular flexibility index (Phi) is 5.60. The Bertz CT molecular complexity index is 909. The van der Waals surface area contributed by atoms with Crippen molar-refractivity contribution in [3.63, 3.8) is 0 Å². The van der Waals surface area contributed by atoms with Crippen molar-refractivity contribution in [3.8, 4) is 0 Å². The molecule has 2 aromatic rings. The molecule has 5 nitrogen and oxygen atoms in total. The van der Waals surface area contributed by atoms with E-state index in [2.05, 4.69) is 36.7 Å². The molecule has 0 saturated heterocycles. The first-order valence-electron chi connectivity index (χ1n) is 8.57. The quantitative estimate of drug-likeness (QED) is 0.557. The van der Waals surface area contributed by atoms with Crippen LogP contribution in [0.3, 0.4) is 0 Å². The normalized spacial score (nSPS) is 15.3. The van der Waals surface area contributed by atoms with E-state index in [1.807, 2.05) is 0 Å². The smallest absolute Gasteiger partial charge is 0.339 e. The van der Waals surface area contributed by atoms with Gasteiger partial charge in [-0.3, -0.25) is 9.52 Å². The fourth-order valence-corrected chi connectivity index (χ4v) is 4.83. The Morgan fingerprint density at radius 2 is 2.07 bits per heavy atom. The number of anilines is 1. The minimum Gasteiger partial charge on any atom is -0.478 e. The lowest BCUT2D eigenvalue weighted by atomic mass is 9.76. The van der Waals surface area contributed by atoms with Gasteiger partial charge in [0.05, 0.1) is 11.1 Å². The number of amides is 1. The Balaban J connectivity index is 1.99. The predicted octanol–water partition coefficient (Wildman–Crippen LogP) is 4.29. The van der Waals surface area contributed by atoms with Gasteiger partial charge in [-0.2, -0.15) is 0 Å². The molecule has 1 aliphatic carbocycles. The van der Waals surface area contributed by atoms with E-state index in [0.717, 1.165) is 23.3 Å². The van der Waals surface area contributed by atoms with E-state index in [1.165, 1.54) is 23.5 Å². The summed E-state index contributed by atoms with van der Waals surface area (Å²) in [4.78, 5) is 25.6. The number of aryl methyl sites for hydroxylation is 1. The number of halogens is 1. The average molecular weight is 409 g/mol. The second-order valence-electron chi connectivity index (χ2n) is 7.42. The van der Waals surface area contributed by atoms with E-state index < -0.39 is 17.7 Å².